The predicted molar refractivity (Wildman–Crippen MR) is 61.1 cm³/mol. The highest BCUT2D eigenvalue weighted by Gasteiger charge is 2.30. The van der Waals surface area contributed by atoms with Crippen LogP contribution in [0.4, 0.5) is 0 Å². The summed E-state index contributed by atoms with van der Waals surface area (Å²) in [6, 6.07) is 1.39. The Kier molecular flexibility index (Phi) is 3.97. The molecule has 1 fully saturated rings. The number of hydrogen-bond donors (Lipinski definition) is 1. The summed E-state index contributed by atoms with van der Waals surface area (Å²) in [7, 11) is 0. The van der Waals surface area contributed by atoms with Crippen molar-refractivity contribution in [2.75, 3.05) is 13.1 Å². The van der Waals surface area contributed by atoms with Crippen molar-refractivity contribution in [2.24, 2.45) is 5.92 Å². The fraction of sp³-hybridized carbons (Fsp3) is 0.833. The third-order valence-electron chi connectivity index (χ3n) is 3.09. The molecule has 80 valence electrons. The summed E-state index contributed by atoms with van der Waals surface area (Å²) in [5.41, 5.74) is 0. The maximum absolute atomic E-state index is 5.50. The molecule has 0 aromatic carbocycles. The third kappa shape index (κ3) is 2.50. The molecule has 0 amide bonds. The summed E-state index contributed by atoms with van der Waals surface area (Å²) in [5, 5.41) is 3.51. The fourth-order valence-electron chi connectivity index (χ4n) is 2.12. The third-order valence-corrected chi connectivity index (χ3v) is 3.09. The molecular formula is C12H22N2. The lowest BCUT2D eigenvalue weighted by Crippen LogP contribution is -2.59. The highest BCUT2D eigenvalue weighted by atomic mass is 15.2. The van der Waals surface area contributed by atoms with Crippen LogP contribution in [-0.2, 0) is 0 Å². The number of terminal acetylenes is 1. The van der Waals surface area contributed by atoms with Crippen LogP contribution in [0.2, 0.25) is 0 Å². The second-order valence-electron chi connectivity index (χ2n) is 4.66. The van der Waals surface area contributed by atoms with Gasteiger partial charge in [-0.25, -0.2) is 0 Å². The minimum atomic E-state index is 0.256. The second kappa shape index (κ2) is 4.82. The number of rotatable bonds is 2. The number of piperazine rings is 1. The molecule has 2 heteroatoms. The van der Waals surface area contributed by atoms with E-state index in [1.807, 2.05) is 0 Å². The van der Waals surface area contributed by atoms with Crippen LogP contribution in [0.25, 0.3) is 0 Å². The Balaban J connectivity index is 2.69. The second-order valence-corrected chi connectivity index (χ2v) is 4.66. The van der Waals surface area contributed by atoms with Gasteiger partial charge in [-0.05, 0) is 19.8 Å². The first-order valence-electron chi connectivity index (χ1n) is 5.51. The quantitative estimate of drug-likeness (QED) is 0.667. The average molecular weight is 194 g/mol. The Hall–Kier alpha value is -0.520. The Labute approximate surface area is 88.1 Å². The molecule has 1 heterocycles. The first-order chi connectivity index (χ1) is 6.56. The molecule has 1 N–H and O–H groups in total. The lowest BCUT2D eigenvalue weighted by atomic mass is 9.97. The van der Waals surface area contributed by atoms with Crippen molar-refractivity contribution in [1.82, 2.24) is 10.2 Å². The number of hydrogen-bond acceptors (Lipinski definition) is 2. The Bertz CT molecular complexity index is 217. The molecule has 0 bridgehead atoms. The van der Waals surface area contributed by atoms with Crippen molar-refractivity contribution in [2.45, 2.75) is 45.8 Å². The van der Waals surface area contributed by atoms with E-state index in [1.54, 1.807) is 0 Å². The zero-order valence-corrected chi connectivity index (χ0v) is 9.75. The van der Waals surface area contributed by atoms with Crippen molar-refractivity contribution in [1.29, 1.82) is 0 Å². The molecule has 0 radical (unpaired) electrons. The van der Waals surface area contributed by atoms with E-state index in [9.17, 15) is 0 Å². The summed E-state index contributed by atoms with van der Waals surface area (Å²) >= 11 is 0. The van der Waals surface area contributed by atoms with Gasteiger partial charge >= 0.3 is 0 Å². The Morgan fingerprint density at radius 1 is 1.43 bits per heavy atom. The summed E-state index contributed by atoms with van der Waals surface area (Å²) in [5.74, 6) is 3.50. The van der Waals surface area contributed by atoms with E-state index < -0.39 is 0 Å². The average Bonchev–Trinajstić information content (AvgIpc) is 2.16. The molecule has 2 nitrogen and oxygen atoms in total. The lowest BCUT2D eigenvalue weighted by molar-refractivity contribution is 0.0867. The van der Waals surface area contributed by atoms with Crippen LogP contribution >= 0.6 is 0 Å². The molecule has 0 aromatic heterocycles. The Morgan fingerprint density at radius 2 is 2.07 bits per heavy atom. The normalized spacial score (nSPS) is 31.4. The maximum atomic E-state index is 5.50. The van der Waals surface area contributed by atoms with E-state index in [4.69, 9.17) is 6.42 Å². The summed E-state index contributed by atoms with van der Waals surface area (Å²) in [6.07, 6.45) is 5.50. The molecular weight excluding hydrogens is 172 g/mol. The first kappa shape index (κ1) is 11.6. The molecule has 0 saturated carbocycles. The van der Waals surface area contributed by atoms with Crippen molar-refractivity contribution in [3.05, 3.63) is 0 Å². The van der Waals surface area contributed by atoms with E-state index in [2.05, 4.69) is 43.8 Å². The van der Waals surface area contributed by atoms with Crippen molar-refractivity contribution >= 4 is 0 Å². The zero-order chi connectivity index (χ0) is 10.7. The topological polar surface area (TPSA) is 15.3 Å². The van der Waals surface area contributed by atoms with E-state index in [0.717, 1.165) is 13.1 Å². The maximum Gasteiger partial charge on any atom is 0.0686 e. The van der Waals surface area contributed by atoms with Gasteiger partial charge in [0.15, 0.2) is 0 Å². The van der Waals surface area contributed by atoms with Gasteiger partial charge < -0.3 is 5.32 Å². The molecule has 0 aromatic rings. The fourth-order valence-corrected chi connectivity index (χ4v) is 2.12. The van der Waals surface area contributed by atoms with Crippen LogP contribution in [-0.4, -0.2) is 36.1 Å². The highest BCUT2D eigenvalue weighted by molar-refractivity contribution is 5.01. The minimum absolute atomic E-state index is 0.256. The minimum Gasteiger partial charge on any atom is -0.311 e. The molecule has 14 heavy (non-hydrogen) atoms. The smallest absolute Gasteiger partial charge is 0.0686 e. The highest BCUT2D eigenvalue weighted by Crippen LogP contribution is 2.17. The van der Waals surface area contributed by atoms with Gasteiger partial charge in [0, 0.05) is 25.2 Å². The van der Waals surface area contributed by atoms with Crippen LogP contribution in [0.1, 0.15) is 27.7 Å². The van der Waals surface area contributed by atoms with Gasteiger partial charge in [0.25, 0.3) is 0 Å². The molecule has 1 rings (SSSR count). The molecule has 3 unspecified atom stereocenters. The predicted octanol–water partition coefficient (Wildman–Crippen LogP) is 1.33. The Morgan fingerprint density at radius 3 is 2.57 bits per heavy atom. The molecule has 1 aliphatic heterocycles. The molecule has 0 aliphatic carbocycles. The molecule has 1 saturated heterocycles. The number of nitrogens with one attached hydrogen (secondary N) is 1. The van der Waals surface area contributed by atoms with Gasteiger partial charge in [0.05, 0.1) is 6.04 Å². The van der Waals surface area contributed by atoms with E-state index in [0.29, 0.717) is 18.0 Å². The largest absolute Gasteiger partial charge is 0.311 e. The van der Waals surface area contributed by atoms with Crippen molar-refractivity contribution < 1.29 is 0 Å². The van der Waals surface area contributed by atoms with Crippen LogP contribution in [0.5, 0.6) is 0 Å². The van der Waals surface area contributed by atoms with Crippen LogP contribution in [0.15, 0.2) is 0 Å². The van der Waals surface area contributed by atoms with Crippen molar-refractivity contribution in [3.8, 4) is 12.3 Å². The lowest BCUT2D eigenvalue weighted by Gasteiger charge is -2.43. The van der Waals surface area contributed by atoms with Crippen LogP contribution < -0.4 is 5.32 Å². The summed E-state index contributed by atoms with van der Waals surface area (Å²) in [6.45, 7) is 11.0. The molecule has 0 spiro atoms. The first-order valence-corrected chi connectivity index (χ1v) is 5.51. The van der Waals surface area contributed by atoms with Crippen LogP contribution in [0.3, 0.4) is 0 Å². The van der Waals surface area contributed by atoms with Gasteiger partial charge in [-0.15, -0.1) is 6.42 Å². The van der Waals surface area contributed by atoms with Gasteiger partial charge in [0.2, 0.25) is 0 Å². The van der Waals surface area contributed by atoms with E-state index in [-0.39, 0.29) is 6.04 Å². The van der Waals surface area contributed by atoms with Gasteiger partial charge in [-0.2, -0.15) is 0 Å². The standard InChI is InChI=1S/C12H22N2/c1-6-11(5)14-8-10(4)13-7-12(14)9(2)3/h1,9-13H,7-8H2,2-5H3. The van der Waals surface area contributed by atoms with Gasteiger partial charge in [-0.1, -0.05) is 19.8 Å². The van der Waals surface area contributed by atoms with Gasteiger partial charge in [-0.3, -0.25) is 4.90 Å². The van der Waals surface area contributed by atoms with E-state index in [1.165, 1.54) is 0 Å². The van der Waals surface area contributed by atoms with Crippen molar-refractivity contribution in [3.63, 3.8) is 0 Å². The van der Waals surface area contributed by atoms with Crippen LogP contribution in [0, 0.1) is 18.3 Å². The SMILES string of the molecule is C#CC(C)N1CC(C)NCC1C(C)C. The molecule has 3 atom stereocenters. The van der Waals surface area contributed by atoms with Gasteiger partial charge in [0.1, 0.15) is 0 Å². The van der Waals surface area contributed by atoms with E-state index >= 15 is 0 Å². The summed E-state index contributed by atoms with van der Waals surface area (Å²) < 4.78 is 0. The summed E-state index contributed by atoms with van der Waals surface area (Å²) in [4.78, 5) is 2.45. The zero-order valence-electron chi connectivity index (χ0n) is 9.75. The number of nitrogens with zero attached hydrogens (tertiary/aromatic N) is 1. The monoisotopic (exact) mass is 194 g/mol. The molecule has 1 aliphatic rings.